The van der Waals surface area contributed by atoms with Gasteiger partial charge in [-0.1, -0.05) is 13.0 Å². The van der Waals surface area contributed by atoms with Crippen LogP contribution >= 0.6 is 22.7 Å². The van der Waals surface area contributed by atoms with Crippen molar-refractivity contribution in [1.29, 1.82) is 0 Å². The van der Waals surface area contributed by atoms with E-state index >= 15 is 0 Å². The number of carbonyl (C=O) groups excluding carboxylic acids is 1. The monoisotopic (exact) mass is 402 g/mol. The van der Waals surface area contributed by atoms with E-state index in [0.29, 0.717) is 11.9 Å². The highest BCUT2D eigenvalue weighted by molar-refractivity contribution is 7.18. The molecule has 5 nitrogen and oxygen atoms in total. The molecule has 1 aliphatic heterocycles. The Morgan fingerprint density at radius 2 is 2.11 bits per heavy atom. The lowest BCUT2D eigenvalue weighted by Crippen LogP contribution is -3.11. The number of carbonyl (C=O) groups is 1. The minimum absolute atomic E-state index is 0.0188. The highest BCUT2D eigenvalue weighted by Gasteiger charge is 2.24. The van der Waals surface area contributed by atoms with Crippen LogP contribution in [0.5, 0.6) is 0 Å². The first-order valence-corrected chi connectivity index (χ1v) is 11.2. The van der Waals surface area contributed by atoms with E-state index in [-0.39, 0.29) is 17.9 Å². The number of nitrogens with zero attached hydrogens (tertiary/aromatic N) is 2. The SMILES string of the molecule is CC(=O)Cn1c(C[NH+]2CCC(C)CC2)nc2scc(-c3cccs3)c2c1=O. The summed E-state index contributed by atoms with van der Waals surface area (Å²) in [5.74, 6) is 1.50. The lowest BCUT2D eigenvalue weighted by molar-refractivity contribution is -0.920. The van der Waals surface area contributed by atoms with Crippen molar-refractivity contribution in [3.63, 3.8) is 0 Å². The molecule has 3 aromatic heterocycles. The molecular weight excluding hydrogens is 378 g/mol. The fourth-order valence-corrected chi connectivity index (χ4v) is 5.54. The van der Waals surface area contributed by atoms with Crippen molar-refractivity contribution in [2.45, 2.75) is 39.8 Å². The Morgan fingerprint density at radius 1 is 1.33 bits per heavy atom. The molecular formula is C20H24N3O2S2+. The Bertz CT molecular complexity index is 1010. The number of hydrogen-bond donors (Lipinski definition) is 1. The molecule has 0 unspecified atom stereocenters. The fourth-order valence-electron chi connectivity index (χ4n) is 3.77. The number of Topliss-reactive ketones (excluding diaryl/α,β-unsaturated/α-hetero) is 1. The molecule has 0 aliphatic carbocycles. The Labute approximate surface area is 166 Å². The normalized spacial score (nSPS) is 20.2. The number of ketones is 1. The Hall–Kier alpha value is -1.83. The van der Waals surface area contributed by atoms with Gasteiger partial charge in [0.1, 0.15) is 17.2 Å². The maximum atomic E-state index is 13.3. The summed E-state index contributed by atoms with van der Waals surface area (Å²) in [4.78, 5) is 33.3. The summed E-state index contributed by atoms with van der Waals surface area (Å²) >= 11 is 3.14. The molecule has 1 aliphatic rings. The van der Waals surface area contributed by atoms with Gasteiger partial charge >= 0.3 is 0 Å². The molecule has 27 heavy (non-hydrogen) atoms. The second kappa shape index (κ2) is 7.66. The van der Waals surface area contributed by atoms with Gasteiger partial charge in [-0.3, -0.25) is 14.2 Å². The third-order valence-corrected chi connectivity index (χ3v) is 7.11. The van der Waals surface area contributed by atoms with Crippen LogP contribution in [0.4, 0.5) is 0 Å². The van der Waals surface area contributed by atoms with Crippen molar-refractivity contribution >= 4 is 38.7 Å². The number of nitrogens with one attached hydrogen (secondary N) is 1. The number of quaternary nitrogens is 1. The van der Waals surface area contributed by atoms with Crippen LogP contribution in [-0.4, -0.2) is 28.4 Å². The minimum atomic E-state index is -0.0837. The predicted octanol–water partition coefficient (Wildman–Crippen LogP) is 2.59. The van der Waals surface area contributed by atoms with Gasteiger partial charge in [0.15, 0.2) is 5.82 Å². The quantitative estimate of drug-likeness (QED) is 0.714. The average molecular weight is 403 g/mol. The van der Waals surface area contributed by atoms with Crippen molar-refractivity contribution in [2.24, 2.45) is 5.92 Å². The number of rotatable bonds is 5. The summed E-state index contributed by atoms with van der Waals surface area (Å²) in [7, 11) is 0. The Morgan fingerprint density at radius 3 is 2.78 bits per heavy atom. The number of thiophene rings is 2. The summed E-state index contributed by atoms with van der Waals surface area (Å²) in [5.41, 5.74) is 0.852. The lowest BCUT2D eigenvalue weighted by atomic mass is 9.99. The molecule has 7 heteroatoms. The first-order valence-electron chi connectivity index (χ1n) is 9.40. The Kier molecular flexibility index (Phi) is 5.25. The van der Waals surface area contributed by atoms with Crippen LogP contribution in [0, 0.1) is 5.92 Å². The molecule has 4 rings (SSSR count). The average Bonchev–Trinajstić information content (AvgIpc) is 3.29. The molecule has 0 amide bonds. The number of fused-ring (bicyclic) bond motifs is 1. The van der Waals surface area contributed by atoms with E-state index in [0.717, 1.165) is 40.1 Å². The maximum absolute atomic E-state index is 13.3. The highest BCUT2D eigenvalue weighted by atomic mass is 32.1. The van der Waals surface area contributed by atoms with E-state index < -0.39 is 0 Å². The van der Waals surface area contributed by atoms with Crippen molar-refractivity contribution in [1.82, 2.24) is 9.55 Å². The molecule has 0 spiro atoms. The van der Waals surface area contributed by atoms with Gasteiger partial charge in [0.25, 0.3) is 5.56 Å². The van der Waals surface area contributed by atoms with Gasteiger partial charge in [0.2, 0.25) is 0 Å². The third-order valence-electron chi connectivity index (χ3n) is 5.33. The number of piperidine rings is 1. The van der Waals surface area contributed by atoms with Gasteiger partial charge in [0.05, 0.1) is 25.0 Å². The summed E-state index contributed by atoms with van der Waals surface area (Å²) in [6.07, 6.45) is 2.41. The molecule has 142 valence electrons. The van der Waals surface area contributed by atoms with Crippen LogP contribution in [0.25, 0.3) is 20.7 Å². The molecule has 1 saturated heterocycles. The van der Waals surface area contributed by atoms with Crippen molar-refractivity contribution in [3.05, 3.63) is 39.1 Å². The van der Waals surface area contributed by atoms with Gasteiger partial charge in [-0.05, 0) is 37.1 Å². The topological polar surface area (TPSA) is 56.4 Å². The van der Waals surface area contributed by atoms with E-state index in [1.54, 1.807) is 15.9 Å². The second-order valence-corrected chi connectivity index (χ2v) is 9.34. The smallest absolute Gasteiger partial charge is 0.263 e. The van der Waals surface area contributed by atoms with E-state index in [1.807, 2.05) is 22.9 Å². The summed E-state index contributed by atoms with van der Waals surface area (Å²) in [5, 5.41) is 4.67. The number of aromatic nitrogens is 2. The molecule has 4 heterocycles. The van der Waals surface area contributed by atoms with Crippen LogP contribution in [0.1, 0.15) is 32.5 Å². The van der Waals surface area contributed by atoms with Crippen LogP contribution in [0.2, 0.25) is 0 Å². The second-order valence-electron chi connectivity index (χ2n) is 7.54. The first kappa shape index (κ1) is 18.5. The molecule has 0 radical (unpaired) electrons. The predicted molar refractivity (Wildman–Crippen MR) is 111 cm³/mol. The minimum Gasteiger partial charge on any atom is -0.329 e. The largest absolute Gasteiger partial charge is 0.329 e. The third kappa shape index (κ3) is 3.77. The molecule has 3 aromatic rings. The van der Waals surface area contributed by atoms with Crippen LogP contribution in [0.3, 0.4) is 0 Å². The lowest BCUT2D eigenvalue weighted by Gasteiger charge is -2.27. The first-order chi connectivity index (χ1) is 13.0. The van der Waals surface area contributed by atoms with Crippen molar-refractivity contribution < 1.29 is 9.69 Å². The fraction of sp³-hybridized carbons (Fsp3) is 0.450. The molecule has 0 saturated carbocycles. The van der Waals surface area contributed by atoms with Gasteiger partial charge in [-0.2, -0.15) is 0 Å². The molecule has 0 bridgehead atoms. The molecule has 0 atom stereocenters. The summed E-state index contributed by atoms with van der Waals surface area (Å²) in [6.45, 7) is 6.83. The zero-order chi connectivity index (χ0) is 19.0. The number of hydrogen-bond acceptors (Lipinski definition) is 5. The van der Waals surface area contributed by atoms with Crippen LogP contribution in [0.15, 0.2) is 27.7 Å². The zero-order valence-corrected chi connectivity index (χ0v) is 17.3. The molecule has 0 aromatic carbocycles. The molecule has 1 N–H and O–H groups in total. The zero-order valence-electron chi connectivity index (χ0n) is 15.7. The van der Waals surface area contributed by atoms with E-state index in [4.69, 9.17) is 4.98 Å². The van der Waals surface area contributed by atoms with E-state index in [9.17, 15) is 9.59 Å². The van der Waals surface area contributed by atoms with Gasteiger partial charge in [-0.15, -0.1) is 22.7 Å². The van der Waals surface area contributed by atoms with Crippen molar-refractivity contribution in [3.8, 4) is 10.4 Å². The van der Waals surface area contributed by atoms with Gasteiger partial charge in [0, 0.05) is 15.8 Å². The summed E-state index contributed by atoms with van der Waals surface area (Å²) < 4.78 is 1.61. The maximum Gasteiger partial charge on any atom is 0.263 e. The molecule has 1 fully saturated rings. The number of likely N-dealkylation sites (tertiary alicyclic amines) is 1. The van der Waals surface area contributed by atoms with Gasteiger partial charge in [-0.25, -0.2) is 4.98 Å². The van der Waals surface area contributed by atoms with Gasteiger partial charge < -0.3 is 4.90 Å². The Balaban J connectivity index is 1.79. The highest BCUT2D eigenvalue weighted by Crippen LogP contribution is 2.33. The van der Waals surface area contributed by atoms with Crippen LogP contribution < -0.4 is 10.5 Å². The van der Waals surface area contributed by atoms with E-state index in [2.05, 4.69) is 6.92 Å². The summed E-state index contributed by atoms with van der Waals surface area (Å²) in [6, 6.07) is 4.01. The standard InChI is InChI=1S/C20H23N3O2S2/c1-13-5-7-22(8-6-13)11-17-21-19-18(20(25)23(17)10-14(2)24)15(12-27-19)16-4-3-9-26-16/h3-4,9,12-13H,5-8,10-11H2,1-2H3/p+1. The van der Waals surface area contributed by atoms with E-state index in [1.165, 1.54) is 36.0 Å². The van der Waals surface area contributed by atoms with Crippen molar-refractivity contribution in [2.75, 3.05) is 13.1 Å². The van der Waals surface area contributed by atoms with Crippen LogP contribution in [-0.2, 0) is 17.9 Å².